The summed E-state index contributed by atoms with van der Waals surface area (Å²) in [6.45, 7) is 4.81. The smallest absolute Gasteiger partial charge is 0.223 e. The van der Waals surface area contributed by atoms with Crippen molar-refractivity contribution in [1.29, 1.82) is 0 Å². The van der Waals surface area contributed by atoms with E-state index in [1.165, 1.54) is 24.3 Å². The minimum atomic E-state index is 0.121. The summed E-state index contributed by atoms with van der Waals surface area (Å²) in [7, 11) is 0. The van der Waals surface area contributed by atoms with Crippen LogP contribution in [0.1, 0.15) is 30.6 Å². The largest absolute Gasteiger partial charge is 0.378 e. The first-order valence-corrected chi connectivity index (χ1v) is 9.81. The van der Waals surface area contributed by atoms with Gasteiger partial charge in [-0.1, -0.05) is 6.07 Å². The second kappa shape index (κ2) is 6.91. The number of hydrogen-bond donors (Lipinski definition) is 1. The lowest BCUT2D eigenvalue weighted by Crippen LogP contribution is -2.53. The number of fused-ring (bicyclic) bond motifs is 1. The predicted molar refractivity (Wildman–Crippen MR) is 91.3 cm³/mol. The molecule has 3 heterocycles. The minimum absolute atomic E-state index is 0.121. The summed E-state index contributed by atoms with van der Waals surface area (Å²) < 4.78 is 5.98. The molecule has 1 aliphatic carbocycles. The van der Waals surface area contributed by atoms with Crippen molar-refractivity contribution in [3.05, 3.63) is 22.4 Å². The van der Waals surface area contributed by atoms with Crippen LogP contribution in [-0.4, -0.2) is 43.2 Å². The van der Waals surface area contributed by atoms with Crippen molar-refractivity contribution in [2.45, 2.75) is 38.3 Å². The van der Waals surface area contributed by atoms with Gasteiger partial charge in [0.25, 0.3) is 0 Å². The molecule has 2 aliphatic heterocycles. The highest BCUT2D eigenvalue weighted by Crippen LogP contribution is 2.36. The molecule has 23 heavy (non-hydrogen) atoms. The fourth-order valence-electron chi connectivity index (χ4n) is 4.06. The molecule has 4 nitrogen and oxygen atoms in total. The Balaban J connectivity index is 1.36. The number of nitrogens with zero attached hydrogens (tertiary/aromatic N) is 1. The van der Waals surface area contributed by atoms with Crippen molar-refractivity contribution >= 4 is 17.2 Å². The number of thiophene rings is 1. The first-order valence-electron chi connectivity index (χ1n) is 8.93. The lowest BCUT2D eigenvalue weighted by atomic mass is 9.79. The fraction of sp³-hybridized carbons (Fsp3) is 0.722. The van der Waals surface area contributed by atoms with Crippen LogP contribution in [0.4, 0.5) is 0 Å². The zero-order valence-corrected chi connectivity index (χ0v) is 14.4. The Hall–Kier alpha value is -0.910. The molecule has 0 bridgehead atoms. The normalized spacial score (nSPS) is 31.6. The van der Waals surface area contributed by atoms with Crippen molar-refractivity contribution in [3.8, 4) is 0 Å². The Morgan fingerprint density at radius 2 is 2.26 bits per heavy atom. The average Bonchev–Trinajstić information content (AvgIpc) is 3.23. The lowest BCUT2D eigenvalue weighted by molar-refractivity contribution is -0.142. The molecule has 0 spiro atoms. The lowest BCUT2D eigenvalue weighted by Gasteiger charge is -2.44. The zero-order valence-electron chi connectivity index (χ0n) is 13.6. The molecule has 1 amide bonds. The molecule has 3 aliphatic rings. The molecule has 2 saturated heterocycles. The van der Waals surface area contributed by atoms with E-state index in [-0.39, 0.29) is 17.9 Å². The van der Waals surface area contributed by atoms with E-state index in [9.17, 15) is 4.79 Å². The molecule has 1 saturated carbocycles. The van der Waals surface area contributed by atoms with E-state index in [4.69, 9.17) is 4.74 Å². The van der Waals surface area contributed by atoms with E-state index in [1.807, 2.05) is 6.07 Å². The van der Waals surface area contributed by atoms with E-state index in [0.29, 0.717) is 12.5 Å². The van der Waals surface area contributed by atoms with E-state index in [2.05, 4.69) is 21.7 Å². The highest BCUT2D eigenvalue weighted by molar-refractivity contribution is 7.09. The first-order chi connectivity index (χ1) is 11.3. The summed E-state index contributed by atoms with van der Waals surface area (Å²) in [5.41, 5.74) is 0. The molecule has 0 radical (unpaired) electrons. The van der Waals surface area contributed by atoms with Gasteiger partial charge in [-0.25, -0.2) is 0 Å². The van der Waals surface area contributed by atoms with Crippen LogP contribution in [0.2, 0.25) is 0 Å². The van der Waals surface area contributed by atoms with Gasteiger partial charge in [-0.2, -0.15) is 0 Å². The molecule has 1 N–H and O–H groups in total. The maximum absolute atomic E-state index is 12.7. The quantitative estimate of drug-likeness (QED) is 0.899. The summed E-state index contributed by atoms with van der Waals surface area (Å²) in [6, 6.07) is 4.11. The molecule has 0 aromatic carbocycles. The van der Waals surface area contributed by atoms with Crippen LogP contribution in [-0.2, 0) is 16.1 Å². The third-order valence-electron chi connectivity index (χ3n) is 5.52. The van der Waals surface area contributed by atoms with Gasteiger partial charge in [0.15, 0.2) is 0 Å². The summed E-state index contributed by atoms with van der Waals surface area (Å²) in [5.74, 6) is 1.64. The van der Waals surface area contributed by atoms with Gasteiger partial charge in [-0.05, 0) is 43.0 Å². The molecule has 4 rings (SSSR count). The van der Waals surface area contributed by atoms with Gasteiger partial charge >= 0.3 is 0 Å². The van der Waals surface area contributed by atoms with Crippen LogP contribution in [0.15, 0.2) is 17.5 Å². The maximum Gasteiger partial charge on any atom is 0.223 e. The standard InChI is InChI=1S/C18H26N2O2S/c21-18(19-10-14-2-1-9-23-14)15-6-8-22-17-5-7-20(12-16(15)17)11-13-3-4-13/h1-2,9,13,15-17H,3-8,10-12H2,(H,19,21)/t15-,16+,17-/m1/s1. The second-order valence-electron chi connectivity index (χ2n) is 7.26. The van der Waals surface area contributed by atoms with E-state index in [0.717, 1.165) is 38.5 Å². The zero-order chi connectivity index (χ0) is 15.6. The van der Waals surface area contributed by atoms with Crippen molar-refractivity contribution < 1.29 is 9.53 Å². The van der Waals surface area contributed by atoms with Gasteiger partial charge in [-0.15, -0.1) is 11.3 Å². The number of rotatable bonds is 5. The van der Waals surface area contributed by atoms with Crippen LogP contribution in [0.25, 0.3) is 0 Å². The first kappa shape index (κ1) is 15.6. The van der Waals surface area contributed by atoms with Gasteiger partial charge in [-0.3, -0.25) is 4.79 Å². The number of carbonyl (C=O) groups excluding carboxylic acids is 1. The van der Waals surface area contributed by atoms with Crippen LogP contribution in [0.5, 0.6) is 0 Å². The van der Waals surface area contributed by atoms with Crippen molar-refractivity contribution in [3.63, 3.8) is 0 Å². The van der Waals surface area contributed by atoms with E-state index < -0.39 is 0 Å². The van der Waals surface area contributed by atoms with Gasteiger partial charge in [0.2, 0.25) is 5.91 Å². The fourth-order valence-corrected chi connectivity index (χ4v) is 4.70. The number of ether oxygens (including phenoxy) is 1. The SMILES string of the molecule is O=C(NCc1cccs1)[C@@H]1CCO[C@@H]2CCN(CC3CC3)C[C@H]21. The van der Waals surface area contributed by atoms with Crippen molar-refractivity contribution in [2.75, 3.05) is 26.2 Å². The molecular weight excluding hydrogens is 308 g/mol. The number of hydrogen-bond acceptors (Lipinski definition) is 4. The summed E-state index contributed by atoms with van der Waals surface area (Å²) >= 11 is 1.70. The molecule has 126 valence electrons. The minimum Gasteiger partial charge on any atom is -0.378 e. The molecule has 3 atom stereocenters. The third kappa shape index (κ3) is 3.78. The summed E-state index contributed by atoms with van der Waals surface area (Å²) in [6.07, 6.45) is 5.04. The molecule has 0 unspecified atom stereocenters. The van der Waals surface area contributed by atoms with Crippen molar-refractivity contribution in [1.82, 2.24) is 10.2 Å². The van der Waals surface area contributed by atoms with E-state index >= 15 is 0 Å². The van der Waals surface area contributed by atoms with Gasteiger partial charge in [0.05, 0.1) is 12.6 Å². The molecule has 5 heteroatoms. The van der Waals surface area contributed by atoms with Gasteiger partial charge < -0.3 is 15.0 Å². The second-order valence-corrected chi connectivity index (χ2v) is 8.29. The Labute approximate surface area is 142 Å². The van der Waals surface area contributed by atoms with Crippen LogP contribution >= 0.6 is 11.3 Å². The monoisotopic (exact) mass is 334 g/mol. The van der Waals surface area contributed by atoms with Crippen LogP contribution in [0, 0.1) is 17.8 Å². The highest BCUT2D eigenvalue weighted by Gasteiger charge is 2.42. The number of amides is 1. The Kier molecular flexibility index (Phi) is 4.69. The average molecular weight is 334 g/mol. The van der Waals surface area contributed by atoms with Gasteiger partial charge in [0.1, 0.15) is 0 Å². The Morgan fingerprint density at radius 1 is 1.35 bits per heavy atom. The number of carbonyl (C=O) groups is 1. The molecule has 1 aromatic heterocycles. The third-order valence-corrected chi connectivity index (χ3v) is 6.40. The van der Waals surface area contributed by atoms with Crippen molar-refractivity contribution in [2.24, 2.45) is 17.8 Å². The topological polar surface area (TPSA) is 41.6 Å². The summed E-state index contributed by atoms with van der Waals surface area (Å²) in [5, 5.41) is 5.21. The summed E-state index contributed by atoms with van der Waals surface area (Å²) in [4.78, 5) is 16.5. The number of likely N-dealkylation sites (tertiary alicyclic amines) is 1. The maximum atomic E-state index is 12.7. The molecule has 3 fully saturated rings. The molecule has 1 aromatic rings. The Bertz CT molecular complexity index is 529. The Morgan fingerprint density at radius 3 is 3.04 bits per heavy atom. The molecular formula is C18H26N2O2S. The van der Waals surface area contributed by atoms with Crippen LogP contribution in [0.3, 0.4) is 0 Å². The number of nitrogens with one attached hydrogen (secondary N) is 1. The number of piperidine rings is 1. The predicted octanol–water partition coefficient (Wildman–Crippen LogP) is 2.50. The van der Waals surface area contributed by atoms with Gasteiger partial charge in [0, 0.05) is 43.0 Å². The van der Waals surface area contributed by atoms with Crippen LogP contribution < -0.4 is 5.32 Å². The highest BCUT2D eigenvalue weighted by atomic mass is 32.1. The van der Waals surface area contributed by atoms with E-state index in [1.54, 1.807) is 11.3 Å².